The zero-order valence-electron chi connectivity index (χ0n) is 6.34. The summed E-state index contributed by atoms with van der Waals surface area (Å²) in [5.41, 5.74) is 0. The standard InChI is InChI=1S/C7H14N2O/c1-9(6-10)7-3-2-4-8-5-7/h6-8H,2-5H2,1H3/t7-/m0/s1. The van der Waals surface area contributed by atoms with Crippen LogP contribution in [0.1, 0.15) is 12.8 Å². The van der Waals surface area contributed by atoms with Crippen LogP contribution in [0.5, 0.6) is 0 Å². The van der Waals surface area contributed by atoms with E-state index in [1.54, 1.807) is 4.90 Å². The number of carbonyl (C=O) groups is 1. The molecule has 1 N–H and O–H groups in total. The van der Waals surface area contributed by atoms with Crippen LogP contribution < -0.4 is 5.32 Å². The Kier molecular flexibility index (Phi) is 2.68. The molecular formula is C7H14N2O. The summed E-state index contributed by atoms with van der Waals surface area (Å²) in [5, 5.41) is 3.25. The van der Waals surface area contributed by atoms with Gasteiger partial charge in [-0.2, -0.15) is 0 Å². The lowest BCUT2D eigenvalue weighted by atomic mass is 10.1. The van der Waals surface area contributed by atoms with Gasteiger partial charge in [0.15, 0.2) is 0 Å². The summed E-state index contributed by atoms with van der Waals surface area (Å²) < 4.78 is 0. The Hall–Kier alpha value is -0.570. The van der Waals surface area contributed by atoms with Crippen LogP contribution in [0.15, 0.2) is 0 Å². The predicted molar refractivity (Wildman–Crippen MR) is 39.7 cm³/mol. The molecule has 3 nitrogen and oxygen atoms in total. The first-order valence-corrected chi connectivity index (χ1v) is 3.72. The molecule has 1 aliphatic rings. The van der Waals surface area contributed by atoms with E-state index in [0.717, 1.165) is 25.9 Å². The first kappa shape index (κ1) is 7.54. The van der Waals surface area contributed by atoms with E-state index in [9.17, 15) is 4.79 Å². The number of nitrogens with one attached hydrogen (secondary N) is 1. The van der Waals surface area contributed by atoms with Gasteiger partial charge < -0.3 is 10.2 Å². The summed E-state index contributed by atoms with van der Waals surface area (Å²) in [6.07, 6.45) is 3.22. The molecule has 0 aromatic rings. The molecule has 0 aromatic heterocycles. The van der Waals surface area contributed by atoms with Crippen molar-refractivity contribution in [3.8, 4) is 0 Å². The van der Waals surface area contributed by atoms with Crippen LogP contribution in [0.25, 0.3) is 0 Å². The van der Waals surface area contributed by atoms with Crippen molar-refractivity contribution in [3.05, 3.63) is 0 Å². The molecular weight excluding hydrogens is 128 g/mol. The first-order valence-electron chi connectivity index (χ1n) is 3.72. The smallest absolute Gasteiger partial charge is 0.209 e. The van der Waals surface area contributed by atoms with Crippen LogP contribution in [0.2, 0.25) is 0 Å². The Labute approximate surface area is 61.4 Å². The second-order valence-electron chi connectivity index (χ2n) is 2.77. The molecule has 1 fully saturated rings. The maximum absolute atomic E-state index is 10.3. The highest BCUT2D eigenvalue weighted by Gasteiger charge is 2.15. The maximum Gasteiger partial charge on any atom is 0.209 e. The van der Waals surface area contributed by atoms with Gasteiger partial charge in [-0.1, -0.05) is 0 Å². The Bertz CT molecular complexity index is 110. The monoisotopic (exact) mass is 142 g/mol. The van der Waals surface area contributed by atoms with Crippen molar-refractivity contribution in [2.24, 2.45) is 0 Å². The fourth-order valence-corrected chi connectivity index (χ4v) is 1.27. The number of carbonyl (C=O) groups excluding carboxylic acids is 1. The zero-order valence-corrected chi connectivity index (χ0v) is 6.34. The van der Waals surface area contributed by atoms with Crippen LogP contribution in [0.4, 0.5) is 0 Å². The highest BCUT2D eigenvalue weighted by molar-refractivity contribution is 5.47. The average Bonchev–Trinajstić information content (AvgIpc) is 2.05. The molecule has 0 aliphatic carbocycles. The molecule has 0 aromatic carbocycles. The van der Waals surface area contributed by atoms with Crippen LogP contribution in [0, 0.1) is 0 Å². The summed E-state index contributed by atoms with van der Waals surface area (Å²) in [6, 6.07) is 0.422. The summed E-state index contributed by atoms with van der Waals surface area (Å²) >= 11 is 0. The Balaban J connectivity index is 2.30. The normalized spacial score (nSPS) is 25.9. The maximum atomic E-state index is 10.3. The van der Waals surface area contributed by atoms with Crippen molar-refractivity contribution >= 4 is 6.41 Å². The van der Waals surface area contributed by atoms with Crippen LogP contribution in [-0.4, -0.2) is 37.5 Å². The molecule has 0 spiro atoms. The van der Waals surface area contributed by atoms with E-state index in [2.05, 4.69) is 5.32 Å². The second kappa shape index (κ2) is 3.56. The average molecular weight is 142 g/mol. The highest BCUT2D eigenvalue weighted by Crippen LogP contribution is 2.05. The van der Waals surface area contributed by atoms with Gasteiger partial charge in [-0.05, 0) is 19.4 Å². The van der Waals surface area contributed by atoms with Crippen LogP contribution >= 0.6 is 0 Å². The van der Waals surface area contributed by atoms with Gasteiger partial charge >= 0.3 is 0 Å². The molecule has 1 saturated heterocycles. The van der Waals surface area contributed by atoms with Crippen LogP contribution in [-0.2, 0) is 4.79 Å². The molecule has 1 rings (SSSR count). The molecule has 1 atom stereocenters. The van der Waals surface area contributed by atoms with Crippen molar-refractivity contribution < 1.29 is 4.79 Å². The first-order chi connectivity index (χ1) is 4.84. The SMILES string of the molecule is CN(C=O)[C@H]1CCCNC1. The molecule has 0 unspecified atom stereocenters. The van der Waals surface area contributed by atoms with Gasteiger partial charge in [0.05, 0.1) is 0 Å². The van der Waals surface area contributed by atoms with E-state index >= 15 is 0 Å². The molecule has 1 aliphatic heterocycles. The second-order valence-corrected chi connectivity index (χ2v) is 2.77. The van der Waals surface area contributed by atoms with Crippen LogP contribution in [0.3, 0.4) is 0 Å². The van der Waals surface area contributed by atoms with Crippen molar-refractivity contribution in [2.45, 2.75) is 18.9 Å². The summed E-state index contributed by atoms with van der Waals surface area (Å²) in [6.45, 7) is 2.05. The van der Waals surface area contributed by atoms with Gasteiger partial charge in [-0.3, -0.25) is 4.79 Å². The number of amides is 1. The lowest BCUT2D eigenvalue weighted by Crippen LogP contribution is -2.43. The molecule has 1 amide bonds. The van der Waals surface area contributed by atoms with E-state index in [1.807, 2.05) is 7.05 Å². The van der Waals surface area contributed by atoms with E-state index in [1.165, 1.54) is 6.42 Å². The van der Waals surface area contributed by atoms with Gasteiger partial charge in [-0.15, -0.1) is 0 Å². The van der Waals surface area contributed by atoms with Crippen molar-refractivity contribution in [3.63, 3.8) is 0 Å². The van der Waals surface area contributed by atoms with Gasteiger partial charge in [-0.25, -0.2) is 0 Å². The number of hydrogen-bond donors (Lipinski definition) is 1. The van der Waals surface area contributed by atoms with E-state index < -0.39 is 0 Å². The van der Waals surface area contributed by atoms with E-state index in [0.29, 0.717) is 6.04 Å². The van der Waals surface area contributed by atoms with Gasteiger partial charge in [0.25, 0.3) is 0 Å². The molecule has 58 valence electrons. The highest BCUT2D eigenvalue weighted by atomic mass is 16.1. The molecule has 0 saturated carbocycles. The van der Waals surface area contributed by atoms with Crippen molar-refractivity contribution in [2.75, 3.05) is 20.1 Å². The fraction of sp³-hybridized carbons (Fsp3) is 0.857. The van der Waals surface area contributed by atoms with E-state index in [4.69, 9.17) is 0 Å². The molecule has 10 heavy (non-hydrogen) atoms. The minimum Gasteiger partial charge on any atom is -0.344 e. The Morgan fingerprint density at radius 2 is 2.50 bits per heavy atom. The predicted octanol–water partition coefficient (Wildman–Crippen LogP) is -0.173. The van der Waals surface area contributed by atoms with Gasteiger partial charge in [0.2, 0.25) is 6.41 Å². The number of rotatable bonds is 2. The number of likely N-dealkylation sites (N-methyl/N-ethyl adjacent to an activating group) is 1. The minimum atomic E-state index is 0.422. The molecule has 1 heterocycles. The topological polar surface area (TPSA) is 32.3 Å². The quantitative estimate of drug-likeness (QED) is 0.543. The fourth-order valence-electron chi connectivity index (χ4n) is 1.27. The lowest BCUT2D eigenvalue weighted by Gasteiger charge is -2.28. The summed E-state index contributed by atoms with van der Waals surface area (Å²) in [5.74, 6) is 0. The van der Waals surface area contributed by atoms with Crippen molar-refractivity contribution in [1.29, 1.82) is 0 Å². The number of piperidine rings is 1. The number of nitrogens with zero attached hydrogens (tertiary/aromatic N) is 1. The Morgan fingerprint density at radius 1 is 1.70 bits per heavy atom. The molecule has 0 bridgehead atoms. The summed E-state index contributed by atoms with van der Waals surface area (Å²) in [4.78, 5) is 12.0. The lowest BCUT2D eigenvalue weighted by molar-refractivity contribution is -0.119. The van der Waals surface area contributed by atoms with Gasteiger partial charge in [0.1, 0.15) is 0 Å². The third kappa shape index (κ3) is 1.70. The molecule has 3 heteroatoms. The molecule has 0 radical (unpaired) electrons. The Morgan fingerprint density at radius 3 is 3.00 bits per heavy atom. The largest absolute Gasteiger partial charge is 0.344 e. The third-order valence-electron chi connectivity index (χ3n) is 2.01. The number of hydrogen-bond acceptors (Lipinski definition) is 2. The van der Waals surface area contributed by atoms with Crippen molar-refractivity contribution in [1.82, 2.24) is 10.2 Å². The minimum absolute atomic E-state index is 0.422. The van der Waals surface area contributed by atoms with E-state index in [-0.39, 0.29) is 0 Å². The zero-order chi connectivity index (χ0) is 7.40. The van der Waals surface area contributed by atoms with Gasteiger partial charge in [0, 0.05) is 19.6 Å². The third-order valence-corrected chi connectivity index (χ3v) is 2.01. The summed E-state index contributed by atoms with van der Waals surface area (Å²) in [7, 11) is 1.84.